The van der Waals surface area contributed by atoms with Gasteiger partial charge < -0.3 is 11.1 Å². The minimum Gasteiger partial charge on any atom is -0.335 e. The van der Waals surface area contributed by atoms with Crippen molar-refractivity contribution in [3.05, 3.63) is 0 Å². The molecule has 0 aromatic rings. The van der Waals surface area contributed by atoms with E-state index in [9.17, 15) is 9.59 Å². The van der Waals surface area contributed by atoms with Crippen molar-refractivity contribution in [1.82, 2.24) is 15.5 Å². The van der Waals surface area contributed by atoms with Gasteiger partial charge in [0.1, 0.15) is 0 Å². The first-order valence-electron chi connectivity index (χ1n) is 8.63. The van der Waals surface area contributed by atoms with E-state index < -0.39 is 0 Å². The summed E-state index contributed by atoms with van der Waals surface area (Å²) in [5.74, 6) is 0.219. The number of piperidine rings is 1. The van der Waals surface area contributed by atoms with Crippen molar-refractivity contribution in [3.63, 3.8) is 0 Å². The third-order valence-corrected chi connectivity index (χ3v) is 4.85. The molecule has 1 aliphatic carbocycles. The molecule has 0 radical (unpaired) electrons. The van der Waals surface area contributed by atoms with E-state index in [4.69, 9.17) is 5.73 Å². The van der Waals surface area contributed by atoms with Gasteiger partial charge in [0.2, 0.25) is 5.91 Å². The fourth-order valence-corrected chi connectivity index (χ4v) is 3.50. The molecular weight excluding hydrogens is 280 g/mol. The fraction of sp³-hybridized carbons (Fsp3) is 0.875. The van der Waals surface area contributed by atoms with E-state index in [1.54, 1.807) is 0 Å². The van der Waals surface area contributed by atoms with Gasteiger partial charge in [0, 0.05) is 18.6 Å². The van der Waals surface area contributed by atoms with Crippen LogP contribution in [-0.4, -0.2) is 48.6 Å². The van der Waals surface area contributed by atoms with E-state index in [0.29, 0.717) is 5.92 Å². The molecule has 0 aromatic heterocycles. The summed E-state index contributed by atoms with van der Waals surface area (Å²) >= 11 is 0. The van der Waals surface area contributed by atoms with Gasteiger partial charge in [-0.3, -0.25) is 15.0 Å². The Labute approximate surface area is 133 Å². The zero-order valence-electron chi connectivity index (χ0n) is 13.6. The number of nitrogens with one attached hydrogen (secondary N) is 2. The van der Waals surface area contributed by atoms with Gasteiger partial charge in [0.05, 0.1) is 6.54 Å². The highest BCUT2D eigenvalue weighted by atomic mass is 16.2. The van der Waals surface area contributed by atoms with Crippen molar-refractivity contribution >= 4 is 11.9 Å². The molecule has 22 heavy (non-hydrogen) atoms. The molecule has 3 amide bonds. The highest BCUT2D eigenvalue weighted by Gasteiger charge is 2.24. The van der Waals surface area contributed by atoms with Crippen LogP contribution < -0.4 is 16.4 Å². The Kier molecular flexibility index (Phi) is 6.64. The second-order valence-electron chi connectivity index (χ2n) is 6.85. The van der Waals surface area contributed by atoms with Crippen molar-refractivity contribution in [3.8, 4) is 0 Å². The van der Waals surface area contributed by atoms with E-state index in [2.05, 4.69) is 15.5 Å². The minimum atomic E-state index is -0.349. The predicted octanol–water partition coefficient (Wildman–Crippen LogP) is 1.20. The molecule has 1 heterocycles. The summed E-state index contributed by atoms with van der Waals surface area (Å²) in [6.07, 6.45) is 7.78. The van der Waals surface area contributed by atoms with Gasteiger partial charge in [0.15, 0.2) is 0 Å². The van der Waals surface area contributed by atoms with Gasteiger partial charge >= 0.3 is 6.03 Å². The third-order valence-electron chi connectivity index (χ3n) is 4.85. The van der Waals surface area contributed by atoms with E-state index >= 15 is 0 Å². The normalized spacial score (nSPS) is 25.5. The van der Waals surface area contributed by atoms with Crippen molar-refractivity contribution in [2.45, 2.75) is 64.0 Å². The van der Waals surface area contributed by atoms with Crippen LogP contribution >= 0.6 is 0 Å². The molecule has 6 nitrogen and oxygen atoms in total. The fourth-order valence-electron chi connectivity index (χ4n) is 3.50. The number of hydrogen-bond acceptors (Lipinski definition) is 4. The average molecular weight is 310 g/mol. The van der Waals surface area contributed by atoms with Gasteiger partial charge in [-0.05, 0) is 45.1 Å². The standard InChI is InChI=1S/C16H30N4O2/c1-12(17)13-6-5-9-20(10-13)11-15(21)19-16(22)18-14-7-3-2-4-8-14/h12-14H,2-11,17H2,1H3,(H2,18,19,21,22). The summed E-state index contributed by atoms with van der Waals surface area (Å²) < 4.78 is 0. The second-order valence-corrected chi connectivity index (χ2v) is 6.85. The Morgan fingerprint density at radius 2 is 1.91 bits per heavy atom. The molecule has 4 N–H and O–H groups in total. The molecule has 0 spiro atoms. The van der Waals surface area contributed by atoms with E-state index in [1.165, 1.54) is 6.42 Å². The zero-order chi connectivity index (χ0) is 15.9. The lowest BCUT2D eigenvalue weighted by atomic mass is 9.92. The van der Waals surface area contributed by atoms with Crippen LogP contribution in [0.1, 0.15) is 51.9 Å². The zero-order valence-corrected chi connectivity index (χ0v) is 13.6. The number of nitrogens with two attached hydrogens (primary N) is 1. The lowest BCUT2D eigenvalue weighted by Gasteiger charge is -2.34. The van der Waals surface area contributed by atoms with Crippen LogP contribution in [0.2, 0.25) is 0 Å². The quantitative estimate of drug-likeness (QED) is 0.728. The second kappa shape index (κ2) is 8.48. The number of imide groups is 1. The molecule has 2 unspecified atom stereocenters. The number of carbonyl (C=O) groups excluding carboxylic acids is 2. The Balaban J connectivity index is 1.69. The lowest BCUT2D eigenvalue weighted by Crippen LogP contribution is -2.50. The van der Waals surface area contributed by atoms with E-state index in [1.807, 2.05) is 6.92 Å². The number of nitrogens with zero attached hydrogens (tertiary/aromatic N) is 1. The monoisotopic (exact) mass is 310 g/mol. The Morgan fingerprint density at radius 1 is 1.18 bits per heavy atom. The topological polar surface area (TPSA) is 87.5 Å². The summed E-state index contributed by atoms with van der Waals surface area (Å²) in [6, 6.07) is 0.0251. The van der Waals surface area contributed by atoms with Crippen LogP contribution in [0, 0.1) is 5.92 Å². The summed E-state index contributed by atoms with van der Waals surface area (Å²) in [7, 11) is 0. The van der Waals surface area contributed by atoms with Gasteiger partial charge in [-0.15, -0.1) is 0 Å². The van der Waals surface area contributed by atoms with Crippen LogP contribution in [0.5, 0.6) is 0 Å². The number of hydrogen-bond donors (Lipinski definition) is 3. The Hall–Kier alpha value is -1.14. The summed E-state index contributed by atoms with van der Waals surface area (Å²) in [4.78, 5) is 25.9. The van der Waals surface area contributed by atoms with Crippen LogP contribution in [0.15, 0.2) is 0 Å². The number of likely N-dealkylation sites (tertiary alicyclic amines) is 1. The highest BCUT2D eigenvalue weighted by molar-refractivity contribution is 5.95. The maximum Gasteiger partial charge on any atom is 0.321 e. The molecule has 2 rings (SSSR count). The molecule has 2 aliphatic rings. The molecular formula is C16H30N4O2. The first-order valence-corrected chi connectivity index (χ1v) is 8.63. The van der Waals surface area contributed by atoms with Crippen LogP contribution in [0.3, 0.4) is 0 Å². The summed E-state index contributed by atoms with van der Waals surface area (Å²) in [5.41, 5.74) is 5.95. The van der Waals surface area contributed by atoms with E-state index in [-0.39, 0.29) is 30.6 Å². The molecule has 0 aromatic carbocycles. The molecule has 6 heteroatoms. The first kappa shape index (κ1) is 17.2. The molecule has 2 atom stereocenters. The van der Waals surface area contributed by atoms with Gasteiger partial charge in [-0.2, -0.15) is 0 Å². The number of amides is 3. The Bertz CT molecular complexity index is 380. The predicted molar refractivity (Wildman–Crippen MR) is 86.4 cm³/mol. The Morgan fingerprint density at radius 3 is 2.59 bits per heavy atom. The molecule has 1 aliphatic heterocycles. The maximum absolute atomic E-state index is 12.0. The summed E-state index contributed by atoms with van der Waals surface area (Å²) in [5, 5.41) is 5.36. The lowest BCUT2D eigenvalue weighted by molar-refractivity contribution is -0.121. The smallest absolute Gasteiger partial charge is 0.321 e. The minimum absolute atomic E-state index is 0.153. The number of urea groups is 1. The van der Waals surface area contributed by atoms with Crippen molar-refractivity contribution < 1.29 is 9.59 Å². The van der Waals surface area contributed by atoms with Crippen molar-refractivity contribution in [1.29, 1.82) is 0 Å². The number of rotatable bonds is 4. The van der Waals surface area contributed by atoms with E-state index in [0.717, 1.165) is 51.6 Å². The number of carbonyl (C=O) groups is 2. The van der Waals surface area contributed by atoms with Crippen molar-refractivity contribution in [2.24, 2.45) is 11.7 Å². The molecule has 0 bridgehead atoms. The average Bonchev–Trinajstić information content (AvgIpc) is 2.48. The van der Waals surface area contributed by atoms with Crippen LogP contribution in [0.25, 0.3) is 0 Å². The van der Waals surface area contributed by atoms with Gasteiger partial charge in [-0.1, -0.05) is 19.3 Å². The highest BCUT2D eigenvalue weighted by Crippen LogP contribution is 2.18. The van der Waals surface area contributed by atoms with Crippen LogP contribution in [0.4, 0.5) is 4.79 Å². The molecule has 126 valence electrons. The summed E-state index contributed by atoms with van der Waals surface area (Å²) in [6.45, 7) is 4.05. The molecule has 1 saturated heterocycles. The molecule has 2 fully saturated rings. The first-order chi connectivity index (χ1) is 10.5. The maximum atomic E-state index is 12.0. The van der Waals surface area contributed by atoms with Crippen LogP contribution in [-0.2, 0) is 4.79 Å². The van der Waals surface area contributed by atoms with Gasteiger partial charge in [0.25, 0.3) is 0 Å². The van der Waals surface area contributed by atoms with Gasteiger partial charge in [-0.25, -0.2) is 4.79 Å². The molecule has 1 saturated carbocycles. The third kappa shape index (κ3) is 5.57. The van der Waals surface area contributed by atoms with Crippen molar-refractivity contribution in [2.75, 3.05) is 19.6 Å². The SMILES string of the molecule is CC(N)C1CCCN(CC(=O)NC(=O)NC2CCCCC2)C1. The largest absolute Gasteiger partial charge is 0.335 e.